The number of aryl methyl sites for hydroxylation is 1. The number of nitrogens with zero attached hydrogens (tertiary/aromatic N) is 4. The molecule has 2 heterocycles. The predicted octanol–water partition coefficient (Wildman–Crippen LogP) is 3.90. The molecule has 0 saturated carbocycles. The minimum absolute atomic E-state index is 0.432. The first-order valence-electron chi connectivity index (χ1n) is 7.36. The Morgan fingerprint density at radius 3 is 2.58 bits per heavy atom. The van der Waals surface area contributed by atoms with Gasteiger partial charge in [-0.1, -0.05) is 6.07 Å². The van der Waals surface area contributed by atoms with Crippen LogP contribution in [0.5, 0.6) is 11.5 Å². The Hall–Kier alpha value is -3.46. The van der Waals surface area contributed by atoms with Crippen LogP contribution in [0.3, 0.4) is 0 Å². The van der Waals surface area contributed by atoms with E-state index in [1.807, 2.05) is 38.1 Å². The number of anilines is 2. The molecule has 0 radical (unpaired) electrons. The molecule has 1 N–H and O–H groups in total. The first-order valence-corrected chi connectivity index (χ1v) is 7.36. The topological polar surface area (TPSA) is 83.7 Å². The van der Waals surface area contributed by atoms with Crippen molar-refractivity contribution in [2.45, 2.75) is 13.8 Å². The van der Waals surface area contributed by atoms with Gasteiger partial charge in [0.25, 0.3) is 0 Å². The summed E-state index contributed by atoms with van der Waals surface area (Å²) in [6, 6.07) is 13.2. The third-order valence-corrected chi connectivity index (χ3v) is 3.55. The molecule has 6 heteroatoms. The molecule has 0 fully saturated rings. The fourth-order valence-electron chi connectivity index (χ4n) is 2.15. The SMILES string of the molecule is Cc1nnc(Nc2cccc(Oc3ccncc3)c2)c(C#N)c1C. The number of hydrogen-bond acceptors (Lipinski definition) is 6. The largest absolute Gasteiger partial charge is 0.457 e. The summed E-state index contributed by atoms with van der Waals surface area (Å²) in [6.07, 6.45) is 3.34. The zero-order valence-electron chi connectivity index (χ0n) is 13.3. The molecule has 0 aliphatic rings. The van der Waals surface area contributed by atoms with Gasteiger partial charge in [0.2, 0.25) is 0 Å². The first-order chi connectivity index (χ1) is 11.7. The van der Waals surface area contributed by atoms with Crippen molar-refractivity contribution in [2.75, 3.05) is 5.32 Å². The maximum Gasteiger partial charge on any atom is 0.171 e. The molecule has 24 heavy (non-hydrogen) atoms. The van der Waals surface area contributed by atoms with Crippen molar-refractivity contribution in [3.63, 3.8) is 0 Å². The summed E-state index contributed by atoms with van der Waals surface area (Å²) in [5.41, 5.74) is 2.81. The van der Waals surface area contributed by atoms with Crippen LogP contribution >= 0.6 is 0 Å². The van der Waals surface area contributed by atoms with Crippen LogP contribution < -0.4 is 10.1 Å². The van der Waals surface area contributed by atoms with Crippen molar-refractivity contribution in [3.05, 3.63) is 65.6 Å². The number of ether oxygens (including phenoxy) is 1. The lowest BCUT2D eigenvalue weighted by atomic mass is 10.1. The van der Waals surface area contributed by atoms with Crippen LogP contribution in [0, 0.1) is 25.2 Å². The van der Waals surface area contributed by atoms with E-state index >= 15 is 0 Å². The van der Waals surface area contributed by atoms with Gasteiger partial charge in [-0.3, -0.25) is 4.98 Å². The molecule has 2 aromatic heterocycles. The Morgan fingerprint density at radius 1 is 1.04 bits per heavy atom. The van der Waals surface area contributed by atoms with Gasteiger partial charge in [0.1, 0.15) is 23.1 Å². The zero-order valence-corrected chi connectivity index (χ0v) is 13.3. The summed E-state index contributed by atoms with van der Waals surface area (Å²) < 4.78 is 5.78. The van der Waals surface area contributed by atoms with E-state index in [4.69, 9.17) is 4.74 Å². The van der Waals surface area contributed by atoms with E-state index in [1.165, 1.54) is 0 Å². The minimum Gasteiger partial charge on any atom is -0.457 e. The molecule has 0 amide bonds. The number of benzene rings is 1. The third-order valence-electron chi connectivity index (χ3n) is 3.55. The summed E-state index contributed by atoms with van der Waals surface area (Å²) in [5.74, 6) is 1.80. The predicted molar refractivity (Wildman–Crippen MR) is 90.3 cm³/mol. The van der Waals surface area contributed by atoms with Crippen molar-refractivity contribution in [2.24, 2.45) is 0 Å². The van der Waals surface area contributed by atoms with Gasteiger partial charge in [-0.15, -0.1) is 5.10 Å². The molecule has 0 unspecified atom stereocenters. The van der Waals surface area contributed by atoms with Gasteiger partial charge in [-0.25, -0.2) is 0 Å². The molecule has 0 spiro atoms. The van der Waals surface area contributed by atoms with Gasteiger partial charge in [0.15, 0.2) is 5.82 Å². The van der Waals surface area contributed by atoms with E-state index in [9.17, 15) is 5.26 Å². The molecule has 6 nitrogen and oxygen atoms in total. The number of hydrogen-bond donors (Lipinski definition) is 1. The normalized spacial score (nSPS) is 10.0. The van der Waals surface area contributed by atoms with E-state index in [-0.39, 0.29) is 0 Å². The van der Waals surface area contributed by atoms with Crippen LogP contribution in [-0.4, -0.2) is 15.2 Å². The fraction of sp³-hybridized carbons (Fsp3) is 0.111. The Bertz CT molecular complexity index is 903. The second kappa shape index (κ2) is 6.75. The smallest absolute Gasteiger partial charge is 0.171 e. The molecule has 0 saturated heterocycles. The van der Waals surface area contributed by atoms with Crippen molar-refractivity contribution in [1.29, 1.82) is 5.26 Å². The van der Waals surface area contributed by atoms with Crippen LogP contribution in [-0.2, 0) is 0 Å². The molecule has 0 atom stereocenters. The van der Waals surface area contributed by atoms with Crippen LogP contribution in [0.25, 0.3) is 0 Å². The summed E-state index contributed by atoms with van der Waals surface area (Å²) in [6.45, 7) is 3.69. The summed E-state index contributed by atoms with van der Waals surface area (Å²) >= 11 is 0. The van der Waals surface area contributed by atoms with E-state index < -0.39 is 0 Å². The number of nitriles is 1. The summed E-state index contributed by atoms with van der Waals surface area (Å²) in [7, 11) is 0. The summed E-state index contributed by atoms with van der Waals surface area (Å²) in [4.78, 5) is 3.96. The number of rotatable bonds is 4. The van der Waals surface area contributed by atoms with Gasteiger partial charge in [-0.05, 0) is 43.7 Å². The van der Waals surface area contributed by atoms with Gasteiger partial charge >= 0.3 is 0 Å². The third kappa shape index (κ3) is 3.31. The monoisotopic (exact) mass is 317 g/mol. The molecule has 0 aliphatic carbocycles. The van der Waals surface area contributed by atoms with E-state index in [0.717, 1.165) is 16.9 Å². The minimum atomic E-state index is 0.432. The maximum atomic E-state index is 9.36. The van der Waals surface area contributed by atoms with Crippen molar-refractivity contribution >= 4 is 11.5 Å². The van der Waals surface area contributed by atoms with Crippen molar-refractivity contribution in [3.8, 4) is 17.6 Å². The second-order valence-corrected chi connectivity index (χ2v) is 5.18. The molecular weight excluding hydrogens is 302 g/mol. The molecule has 3 rings (SSSR count). The quantitative estimate of drug-likeness (QED) is 0.785. The maximum absolute atomic E-state index is 9.36. The average Bonchev–Trinajstić information content (AvgIpc) is 2.60. The fourth-order valence-corrected chi connectivity index (χ4v) is 2.15. The molecule has 118 valence electrons. The van der Waals surface area contributed by atoms with Crippen LogP contribution in [0.1, 0.15) is 16.8 Å². The highest BCUT2D eigenvalue weighted by molar-refractivity contribution is 5.65. The zero-order chi connectivity index (χ0) is 16.9. The lowest BCUT2D eigenvalue weighted by Crippen LogP contribution is -2.03. The molecule has 0 aliphatic heterocycles. The van der Waals surface area contributed by atoms with Crippen molar-refractivity contribution in [1.82, 2.24) is 15.2 Å². The van der Waals surface area contributed by atoms with Gasteiger partial charge in [0.05, 0.1) is 5.69 Å². The Kier molecular flexibility index (Phi) is 4.34. The standard InChI is InChI=1S/C18H15N5O/c1-12-13(2)22-23-18(17(12)11-19)21-14-4-3-5-16(10-14)24-15-6-8-20-9-7-15/h3-10H,1-2H3,(H,21,23). The number of pyridine rings is 1. The van der Waals surface area contributed by atoms with Crippen molar-refractivity contribution < 1.29 is 4.74 Å². The second-order valence-electron chi connectivity index (χ2n) is 5.18. The van der Waals surface area contributed by atoms with E-state index in [2.05, 4.69) is 26.6 Å². The molecule has 3 aromatic rings. The van der Waals surface area contributed by atoms with Gasteiger partial charge < -0.3 is 10.1 Å². The lowest BCUT2D eigenvalue weighted by Gasteiger charge is -2.11. The number of aromatic nitrogens is 3. The molecule has 0 bridgehead atoms. The average molecular weight is 317 g/mol. The van der Waals surface area contributed by atoms with Crippen LogP contribution in [0.15, 0.2) is 48.8 Å². The molecular formula is C18H15N5O. The lowest BCUT2D eigenvalue weighted by molar-refractivity contribution is 0.482. The number of nitrogens with one attached hydrogen (secondary N) is 1. The van der Waals surface area contributed by atoms with Crippen LogP contribution in [0.2, 0.25) is 0 Å². The highest BCUT2D eigenvalue weighted by Crippen LogP contribution is 2.26. The Labute approximate surface area is 139 Å². The molecule has 1 aromatic carbocycles. The Morgan fingerprint density at radius 2 is 1.83 bits per heavy atom. The first kappa shape index (κ1) is 15.4. The Balaban J connectivity index is 1.86. The summed E-state index contributed by atoms with van der Waals surface area (Å²) in [5, 5.41) is 20.6. The van der Waals surface area contributed by atoms with Gasteiger partial charge in [0, 0.05) is 24.1 Å². The highest BCUT2D eigenvalue weighted by atomic mass is 16.5. The van der Waals surface area contributed by atoms with Crippen LogP contribution in [0.4, 0.5) is 11.5 Å². The van der Waals surface area contributed by atoms with Gasteiger partial charge in [-0.2, -0.15) is 10.4 Å². The highest BCUT2D eigenvalue weighted by Gasteiger charge is 2.11. The van der Waals surface area contributed by atoms with E-state index in [1.54, 1.807) is 24.5 Å². The van der Waals surface area contributed by atoms with E-state index in [0.29, 0.717) is 22.9 Å².